The molecule has 1 aromatic heterocycles. The van der Waals surface area contributed by atoms with Crippen LogP contribution in [0, 0.1) is 16.0 Å². The van der Waals surface area contributed by atoms with Gasteiger partial charge in [0.05, 0.1) is 4.92 Å². The summed E-state index contributed by atoms with van der Waals surface area (Å²) in [6.45, 7) is 8.78. The highest BCUT2D eigenvalue weighted by molar-refractivity contribution is 6.29. The third-order valence-corrected chi connectivity index (χ3v) is 2.68. The highest BCUT2D eigenvalue weighted by Gasteiger charge is 2.24. The SMILES string of the molecule is CC(C)CN(c1nc(Cl)ccc1[N+](=O)[O-])C(C)C. The van der Waals surface area contributed by atoms with Crippen molar-refractivity contribution in [3.8, 4) is 0 Å². The predicted molar refractivity (Wildman–Crippen MR) is 73.2 cm³/mol. The molecule has 0 aromatic carbocycles. The van der Waals surface area contributed by atoms with Gasteiger partial charge in [-0.05, 0) is 25.8 Å². The van der Waals surface area contributed by atoms with Crippen LogP contribution in [0.4, 0.5) is 11.5 Å². The van der Waals surface area contributed by atoms with Gasteiger partial charge in [0, 0.05) is 18.7 Å². The number of halogens is 1. The van der Waals surface area contributed by atoms with Crippen molar-refractivity contribution in [3.05, 3.63) is 27.4 Å². The Bertz CT molecular complexity index is 435. The molecule has 18 heavy (non-hydrogen) atoms. The van der Waals surface area contributed by atoms with Gasteiger partial charge in [-0.25, -0.2) is 4.98 Å². The molecule has 0 bridgehead atoms. The van der Waals surface area contributed by atoms with Gasteiger partial charge in [0.1, 0.15) is 5.15 Å². The van der Waals surface area contributed by atoms with Crippen LogP contribution in [0.2, 0.25) is 5.15 Å². The van der Waals surface area contributed by atoms with E-state index >= 15 is 0 Å². The second-order valence-electron chi connectivity index (χ2n) is 4.87. The summed E-state index contributed by atoms with van der Waals surface area (Å²) >= 11 is 5.85. The third-order valence-electron chi connectivity index (χ3n) is 2.47. The van der Waals surface area contributed by atoms with E-state index in [0.29, 0.717) is 18.3 Å². The highest BCUT2D eigenvalue weighted by atomic mass is 35.5. The summed E-state index contributed by atoms with van der Waals surface area (Å²) in [7, 11) is 0. The fourth-order valence-electron chi connectivity index (χ4n) is 1.71. The smallest absolute Gasteiger partial charge is 0.311 e. The maximum atomic E-state index is 11.0. The van der Waals surface area contributed by atoms with Gasteiger partial charge in [-0.2, -0.15) is 0 Å². The fourth-order valence-corrected chi connectivity index (χ4v) is 1.85. The molecule has 0 spiro atoms. The second kappa shape index (κ2) is 6.00. The molecule has 1 rings (SSSR count). The zero-order valence-electron chi connectivity index (χ0n) is 11.1. The Balaban J connectivity index is 3.25. The molecule has 0 fully saturated rings. The van der Waals surface area contributed by atoms with E-state index in [-0.39, 0.29) is 16.9 Å². The zero-order chi connectivity index (χ0) is 13.9. The van der Waals surface area contributed by atoms with Gasteiger partial charge in [-0.3, -0.25) is 10.1 Å². The van der Waals surface area contributed by atoms with E-state index in [9.17, 15) is 10.1 Å². The Morgan fingerprint density at radius 3 is 2.44 bits per heavy atom. The molecule has 1 aromatic rings. The molecule has 0 aliphatic carbocycles. The van der Waals surface area contributed by atoms with Crippen LogP contribution in [0.3, 0.4) is 0 Å². The Morgan fingerprint density at radius 2 is 2.00 bits per heavy atom. The van der Waals surface area contributed by atoms with Crippen molar-refractivity contribution in [2.75, 3.05) is 11.4 Å². The molecule has 0 saturated heterocycles. The average Bonchev–Trinajstić information content (AvgIpc) is 2.24. The minimum absolute atomic E-state index is 0.00579. The lowest BCUT2D eigenvalue weighted by Crippen LogP contribution is -2.35. The summed E-state index contributed by atoms with van der Waals surface area (Å²) in [6.07, 6.45) is 0. The van der Waals surface area contributed by atoms with Crippen molar-refractivity contribution in [1.29, 1.82) is 0 Å². The summed E-state index contributed by atoms with van der Waals surface area (Å²) in [5, 5.41) is 11.3. The first-order chi connectivity index (χ1) is 8.32. The molecule has 0 N–H and O–H groups in total. The lowest BCUT2D eigenvalue weighted by molar-refractivity contribution is -0.384. The largest absolute Gasteiger partial charge is 0.348 e. The van der Waals surface area contributed by atoms with Gasteiger partial charge in [0.2, 0.25) is 5.82 Å². The molecule has 0 radical (unpaired) electrons. The molecule has 100 valence electrons. The first-order valence-corrected chi connectivity index (χ1v) is 6.28. The van der Waals surface area contributed by atoms with Crippen LogP contribution in [0.25, 0.3) is 0 Å². The molecular weight excluding hydrogens is 254 g/mol. The standard InChI is InChI=1S/C12H18ClN3O2/c1-8(2)7-15(9(3)4)12-10(16(17)18)5-6-11(13)14-12/h5-6,8-9H,7H2,1-4H3. The molecule has 1 heterocycles. The lowest BCUT2D eigenvalue weighted by Gasteiger charge is -2.29. The van der Waals surface area contributed by atoms with Crippen molar-refractivity contribution in [2.24, 2.45) is 5.92 Å². The fraction of sp³-hybridized carbons (Fsp3) is 0.583. The third kappa shape index (κ3) is 3.57. The zero-order valence-corrected chi connectivity index (χ0v) is 11.8. The molecular formula is C12H18ClN3O2. The Kier molecular flexibility index (Phi) is 4.90. The number of pyridine rings is 1. The van der Waals surface area contributed by atoms with E-state index in [2.05, 4.69) is 18.8 Å². The molecule has 0 saturated carbocycles. The van der Waals surface area contributed by atoms with E-state index in [1.807, 2.05) is 18.7 Å². The molecule has 0 amide bonds. The van der Waals surface area contributed by atoms with Crippen LogP contribution >= 0.6 is 11.6 Å². The van der Waals surface area contributed by atoms with Crippen LogP contribution < -0.4 is 4.90 Å². The summed E-state index contributed by atoms with van der Waals surface area (Å²) in [4.78, 5) is 16.6. The summed E-state index contributed by atoms with van der Waals surface area (Å²) in [5.41, 5.74) is -0.00579. The number of hydrogen-bond acceptors (Lipinski definition) is 4. The minimum Gasteiger partial charge on any atom is -0.348 e. The van der Waals surface area contributed by atoms with E-state index in [1.54, 1.807) is 0 Å². The lowest BCUT2D eigenvalue weighted by atomic mass is 10.1. The van der Waals surface area contributed by atoms with Crippen LogP contribution in [-0.2, 0) is 0 Å². The Morgan fingerprint density at radius 1 is 1.39 bits per heavy atom. The van der Waals surface area contributed by atoms with Crippen molar-refractivity contribution in [1.82, 2.24) is 4.98 Å². The Hall–Kier alpha value is -1.36. The van der Waals surface area contributed by atoms with Crippen LogP contribution in [-0.4, -0.2) is 22.5 Å². The number of aromatic nitrogens is 1. The van der Waals surface area contributed by atoms with Gasteiger partial charge in [0.15, 0.2) is 0 Å². The van der Waals surface area contributed by atoms with Gasteiger partial charge in [-0.15, -0.1) is 0 Å². The summed E-state index contributed by atoms with van der Waals surface area (Å²) < 4.78 is 0. The first kappa shape index (κ1) is 14.7. The molecule has 0 unspecified atom stereocenters. The summed E-state index contributed by atoms with van der Waals surface area (Å²) in [6, 6.07) is 2.97. The van der Waals surface area contributed by atoms with Gasteiger partial charge < -0.3 is 4.90 Å². The van der Waals surface area contributed by atoms with Crippen molar-refractivity contribution in [3.63, 3.8) is 0 Å². The number of rotatable bonds is 5. The Labute approximate surface area is 112 Å². The molecule has 0 aliphatic rings. The number of anilines is 1. The molecule has 5 nitrogen and oxygen atoms in total. The van der Waals surface area contributed by atoms with Gasteiger partial charge in [0.25, 0.3) is 0 Å². The van der Waals surface area contributed by atoms with E-state index in [1.165, 1.54) is 12.1 Å². The molecule has 0 aliphatic heterocycles. The van der Waals surface area contributed by atoms with E-state index < -0.39 is 4.92 Å². The summed E-state index contributed by atoms with van der Waals surface area (Å²) in [5.74, 6) is 0.726. The number of hydrogen-bond donors (Lipinski definition) is 0. The maximum absolute atomic E-state index is 11.0. The normalized spacial score (nSPS) is 11.1. The van der Waals surface area contributed by atoms with Crippen molar-refractivity contribution in [2.45, 2.75) is 33.7 Å². The predicted octanol–water partition coefficient (Wildman–Crippen LogP) is 3.51. The number of nitro groups is 1. The van der Waals surface area contributed by atoms with Crippen LogP contribution in [0.15, 0.2) is 12.1 Å². The van der Waals surface area contributed by atoms with Crippen molar-refractivity contribution < 1.29 is 4.92 Å². The van der Waals surface area contributed by atoms with Crippen LogP contribution in [0.1, 0.15) is 27.7 Å². The topological polar surface area (TPSA) is 59.3 Å². The quantitative estimate of drug-likeness (QED) is 0.467. The second-order valence-corrected chi connectivity index (χ2v) is 5.26. The van der Waals surface area contributed by atoms with E-state index in [4.69, 9.17) is 11.6 Å². The average molecular weight is 272 g/mol. The van der Waals surface area contributed by atoms with Crippen molar-refractivity contribution >= 4 is 23.1 Å². The first-order valence-electron chi connectivity index (χ1n) is 5.90. The number of nitrogens with zero attached hydrogens (tertiary/aromatic N) is 3. The molecule has 0 atom stereocenters. The highest BCUT2D eigenvalue weighted by Crippen LogP contribution is 2.29. The molecule has 6 heteroatoms. The maximum Gasteiger partial charge on any atom is 0.311 e. The van der Waals surface area contributed by atoms with E-state index in [0.717, 1.165) is 0 Å². The van der Waals surface area contributed by atoms with Crippen LogP contribution in [0.5, 0.6) is 0 Å². The van der Waals surface area contributed by atoms with Gasteiger partial charge >= 0.3 is 5.69 Å². The monoisotopic (exact) mass is 271 g/mol. The minimum atomic E-state index is -0.422. The van der Waals surface area contributed by atoms with Gasteiger partial charge in [-0.1, -0.05) is 25.4 Å².